The molecule has 0 heterocycles. The van der Waals surface area contributed by atoms with Gasteiger partial charge in [-0.15, -0.1) is 0 Å². The zero-order chi connectivity index (χ0) is 24.9. The molecule has 0 aliphatic rings. The maximum absolute atomic E-state index is 13.4. The Hall–Kier alpha value is -3.26. The lowest BCUT2D eigenvalue weighted by Gasteiger charge is -2.29. The van der Waals surface area contributed by atoms with Crippen LogP contribution < -0.4 is 19.5 Å². The molecule has 0 spiro atoms. The molecule has 8 heteroatoms. The van der Waals surface area contributed by atoms with Crippen LogP contribution in [0.2, 0.25) is 0 Å². The van der Waals surface area contributed by atoms with Crippen molar-refractivity contribution in [1.29, 1.82) is 0 Å². The van der Waals surface area contributed by atoms with Gasteiger partial charge in [-0.05, 0) is 55.7 Å². The lowest BCUT2D eigenvalue weighted by Crippen LogP contribution is -2.48. The van der Waals surface area contributed by atoms with E-state index in [1.165, 1.54) is 0 Å². The third kappa shape index (κ3) is 7.95. The smallest absolute Gasteiger partial charge is 0.242 e. The molecule has 2 aromatic rings. The highest BCUT2D eigenvalue weighted by molar-refractivity contribution is 5.88. The summed E-state index contributed by atoms with van der Waals surface area (Å²) < 4.78 is 21.2. The van der Waals surface area contributed by atoms with E-state index in [0.717, 1.165) is 16.9 Å². The fourth-order valence-electron chi connectivity index (χ4n) is 3.45. The van der Waals surface area contributed by atoms with Crippen molar-refractivity contribution in [2.75, 3.05) is 41.1 Å². The fraction of sp³-hybridized carbons (Fsp3) is 0.462. The summed E-state index contributed by atoms with van der Waals surface area (Å²) in [6.07, 6.45) is 0.836. The Morgan fingerprint density at radius 2 is 1.62 bits per heavy atom. The van der Waals surface area contributed by atoms with Gasteiger partial charge in [0.05, 0.1) is 27.8 Å². The van der Waals surface area contributed by atoms with Gasteiger partial charge in [0.1, 0.15) is 11.8 Å². The summed E-state index contributed by atoms with van der Waals surface area (Å²) in [6, 6.07) is 12.2. The minimum atomic E-state index is -0.651. The van der Waals surface area contributed by atoms with Gasteiger partial charge in [0.15, 0.2) is 11.5 Å². The number of benzene rings is 2. The Kier molecular flexibility index (Phi) is 11.2. The van der Waals surface area contributed by atoms with E-state index in [4.69, 9.17) is 18.9 Å². The van der Waals surface area contributed by atoms with Crippen molar-refractivity contribution in [3.63, 3.8) is 0 Å². The van der Waals surface area contributed by atoms with E-state index in [9.17, 15) is 9.59 Å². The van der Waals surface area contributed by atoms with Crippen molar-refractivity contribution in [1.82, 2.24) is 10.2 Å². The number of carbonyl (C=O) groups is 2. The van der Waals surface area contributed by atoms with Crippen molar-refractivity contribution < 1.29 is 28.5 Å². The van der Waals surface area contributed by atoms with Crippen LogP contribution in [-0.4, -0.2) is 63.8 Å². The molecule has 2 aromatic carbocycles. The van der Waals surface area contributed by atoms with Gasteiger partial charge in [0.25, 0.3) is 0 Å². The molecule has 1 N–H and O–H groups in total. The Morgan fingerprint density at radius 1 is 0.941 bits per heavy atom. The highest BCUT2D eigenvalue weighted by Gasteiger charge is 2.26. The Bertz CT molecular complexity index is 916. The number of hydrogen-bond acceptors (Lipinski definition) is 6. The number of ether oxygens (including phenoxy) is 4. The third-order valence-electron chi connectivity index (χ3n) is 5.45. The topological polar surface area (TPSA) is 86.3 Å². The van der Waals surface area contributed by atoms with Gasteiger partial charge in [-0.1, -0.05) is 18.2 Å². The summed E-state index contributed by atoms with van der Waals surface area (Å²) in [6.45, 7) is 5.69. The number of hydrogen-bond donors (Lipinski definition) is 1. The van der Waals surface area contributed by atoms with E-state index in [2.05, 4.69) is 5.32 Å². The molecule has 0 radical (unpaired) electrons. The maximum Gasteiger partial charge on any atom is 0.242 e. The SMILES string of the molecule is CCOCCCNC(=O)[C@@H](C)N(Cc1ccc(OC)cc1)C(=O)Cc1ccc(OC)c(OC)c1. The second kappa shape index (κ2) is 14.1. The number of nitrogens with one attached hydrogen (secondary N) is 1. The Balaban J connectivity index is 2.17. The lowest BCUT2D eigenvalue weighted by molar-refractivity contribution is -0.140. The zero-order valence-corrected chi connectivity index (χ0v) is 20.8. The van der Waals surface area contributed by atoms with E-state index >= 15 is 0 Å². The largest absolute Gasteiger partial charge is 0.497 e. The van der Waals surface area contributed by atoms with Gasteiger partial charge in [-0.3, -0.25) is 9.59 Å². The van der Waals surface area contributed by atoms with Crippen LogP contribution in [0.15, 0.2) is 42.5 Å². The second-order valence-corrected chi connectivity index (χ2v) is 7.75. The summed E-state index contributed by atoms with van der Waals surface area (Å²) in [5.74, 6) is 1.50. The molecule has 2 amide bonds. The first kappa shape index (κ1) is 27.0. The van der Waals surface area contributed by atoms with Gasteiger partial charge in [0.2, 0.25) is 11.8 Å². The summed E-state index contributed by atoms with van der Waals surface area (Å²) in [7, 11) is 4.72. The third-order valence-corrected chi connectivity index (χ3v) is 5.45. The quantitative estimate of drug-likeness (QED) is 0.425. The van der Waals surface area contributed by atoms with Crippen LogP contribution in [0.4, 0.5) is 0 Å². The number of rotatable bonds is 14. The Morgan fingerprint density at radius 3 is 2.24 bits per heavy atom. The summed E-state index contributed by atoms with van der Waals surface area (Å²) in [5.41, 5.74) is 1.67. The molecule has 186 valence electrons. The van der Waals surface area contributed by atoms with Crippen molar-refractivity contribution in [3.8, 4) is 17.2 Å². The predicted octanol–water partition coefficient (Wildman–Crippen LogP) is 3.22. The van der Waals surface area contributed by atoms with Crippen LogP contribution in [0.25, 0.3) is 0 Å². The van der Waals surface area contributed by atoms with E-state index in [0.29, 0.717) is 44.2 Å². The molecule has 1 atom stereocenters. The molecular weight excluding hydrogens is 436 g/mol. The summed E-state index contributed by atoms with van der Waals surface area (Å²) >= 11 is 0. The highest BCUT2D eigenvalue weighted by atomic mass is 16.5. The molecule has 0 aliphatic heterocycles. The molecule has 0 aromatic heterocycles. The van der Waals surface area contributed by atoms with Crippen LogP contribution in [0, 0.1) is 0 Å². The summed E-state index contributed by atoms with van der Waals surface area (Å²) in [4.78, 5) is 27.8. The van der Waals surface area contributed by atoms with Crippen molar-refractivity contribution in [2.24, 2.45) is 0 Å². The Labute approximate surface area is 202 Å². The molecule has 0 saturated heterocycles. The average molecular weight is 473 g/mol. The van der Waals surface area contributed by atoms with E-state index in [-0.39, 0.29) is 18.2 Å². The summed E-state index contributed by atoms with van der Waals surface area (Å²) in [5, 5.41) is 2.91. The minimum absolute atomic E-state index is 0.123. The highest BCUT2D eigenvalue weighted by Crippen LogP contribution is 2.28. The number of carbonyl (C=O) groups excluding carboxylic acids is 2. The van der Waals surface area contributed by atoms with E-state index < -0.39 is 6.04 Å². The normalized spacial score (nSPS) is 11.4. The van der Waals surface area contributed by atoms with E-state index in [1.807, 2.05) is 37.3 Å². The first-order chi connectivity index (χ1) is 16.4. The number of methoxy groups -OCH3 is 3. The van der Waals surface area contributed by atoms with Crippen LogP contribution in [-0.2, 0) is 27.3 Å². The van der Waals surface area contributed by atoms with Crippen LogP contribution in [0.3, 0.4) is 0 Å². The molecule has 0 bridgehead atoms. The number of nitrogens with zero attached hydrogens (tertiary/aromatic N) is 1. The molecule has 0 fully saturated rings. The minimum Gasteiger partial charge on any atom is -0.497 e. The predicted molar refractivity (Wildman–Crippen MR) is 130 cm³/mol. The number of amides is 2. The average Bonchev–Trinajstić information content (AvgIpc) is 2.86. The standard InChI is InChI=1S/C26H36N2O6/c1-6-34-15-7-14-27-26(30)19(2)28(18-20-8-11-22(31-3)12-9-20)25(29)17-21-10-13-23(32-4)24(16-21)33-5/h8-13,16,19H,6-7,14-15,17-18H2,1-5H3,(H,27,30)/t19-/m1/s1. The molecule has 8 nitrogen and oxygen atoms in total. The fourth-order valence-corrected chi connectivity index (χ4v) is 3.45. The van der Waals surface area contributed by atoms with Crippen LogP contribution in [0.1, 0.15) is 31.4 Å². The van der Waals surface area contributed by atoms with Crippen LogP contribution in [0.5, 0.6) is 17.2 Å². The zero-order valence-electron chi connectivity index (χ0n) is 20.8. The first-order valence-corrected chi connectivity index (χ1v) is 11.4. The van der Waals surface area contributed by atoms with Gasteiger partial charge < -0.3 is 29.2 Å². The second-order valence-electron chi connectivity index (χ2n) is 7.75. The van der Waals surface area contributed by atoms with Crippen molar-refractivity contribution in [3.05, 3.63) is 53.6 Å². The molecule has 0 unspecified atom stereocenters. The lowest BCUT2D eigenvalue weighted by atomic mass is 10.1. The monoisotopic (exact) mass is 472 g/mol. The van der Waals surface area contributed by atoms with Gasteiger partial charge in [-0.2, -0.15) is 0 Å². The van der Waals surface area contributed by atoms with Gasteiger partial charge >= 0.3 is 0 Å². The first-order valence-electron chi connectivity index (χ1n) is 11.4. The molecule has 2 rings (SSSR count). The molecule has 34 heavy (non-hydrogen) atoms. The van der Waals surface area contributed by atoms with Gasteiger partial charge in [-0.25, -0.2) is 0 Å². The maximum atomic E-state index is 13.4. The van der Waals surface area contributed by atoms with Crippen molar-refractivity contribution in [2.45, 2.75) is 39.3 Å². The molecular formula is C26H36N2O6. The van der Waals surface area contributed by atoms with Crippen LogP contribution >= 0.6 is 0 Å². The molecule has 0 aliphatic carbocycles. The van der Waals surface area contributed by atoms with E-state index in [1.54, 1.807) is 45.3 Å². The molecule has 0 saturated carbocycles. The van der Waals surface area contributed by atoms with Gasteiger partial charge in [0, 0.05) is 26.3 Å². The van der Waals surface area contributed by atoms with Crippen molar-refractivity contribution >= 4 is 11.8 Å².